The van der Waals surface area contributed by atoms with Crippen LogP contribution in [-0.4, -0.2) is 64.1 Å². The maximum absolute atomic E-state index is 13.3. The molecule has 3 aromatic carbocycles. The summed E-state index contributed by atoms with van der Waals surface area (Å²) in [5.41, 5.74) is 5.01. The molecule has 5 rings (SSSR count). The van der Waals surface area contributed by atoms with Gasteiger partial charge in [0, 0.05) is 42.7 Å². The van der Waals surface area contributed by atoms with E-state index in [1.807, 2.05) is 58.0 Å². The Kier molecular flexibility index (Phi) is 9.17. The van der Waals surface area contributed by atoms with E-state index >= 15 is 0 Å². The largest absolute Gasteiger partial charge is 0.497 e. The van der Waals surface area contributed by atoms with Crippen LogP contribution < -0.4 is 10.4 Å². The average molecular weight is 569 g/mol. The Balaban J connectivity index is 1.30. The second-order valence-corrected chi connectivity index (χ2v) is 12.0. The van der Waals surface area contributed by atoms with Gasteiger partial charge < -0.3 is 19.5 Å². The van der Waals surface area contributed by atoms with Gasteiger partial charge in [0.15, 0.2) is 0 Å². The summed E-state index contributed by atoms with van der Waals surface area (Å²) in [4.78, 5) is 33.5. The number of hydrogen-bond acceptors (Lipinski definition) is 4. The number of para-hydroxylation sites is 2. The lowest BCUT2D eigenvalue weighted by Crippen LogP contribution is -2.42. The lowest BCUT2D eigenvalue weighted by atomic mass is 9.87. The molecule has 1 aromatic heterocycles. The van der Waals surface area contributed by atoms with E-state index in [4.69, 9.17) is 4.74 Å². The smallest absolute Gasteiger partial charge is 0.326 e. The summed E-state index contributed by atoms with van der Waals surface area (Å²) in [5, 5.41) is 0. The first-order valence-electron chi connectivity index (χ1n) is 15.2. The van der Waals surface area contributed by atoms with E-state index in [2.05, 4.69) is 61.8 Å². The number of aromatic nitrogens is 2. The SMILES string of the molecule is COc1cccc(C(CCN2CCC(n3c(=O)[nH]c4ccccc43)CC2)c2ccc(C(=O)N(C(C)C)C(C)C)cc2)c1. The van der Waals surface area contributed by atoms with Gasteiger partial charge in [-0.15, -0.1) is 0 Å². The minimum Gasteiger partial charge on any atom is -0.497 e. The molecule has 1 N–H and O–H groups in total. The predicted molar refractivity (Wildman–Crippen MR) is 170 cm³/mol. The molecule has 2 heterocycles. The van der Waals surface area contributed by atoms with Crippen LogP contribution in [-0.2, 0) is 0 Å². The van der Waals surface area contributed by atoms with Crippen LogP contribution in [0.3, 0.4) is 0 Å². The number of likely N-dealkylation sites (tertiary alicyclic amines) is 1. The number of benzene rings is 3. The third-order valence-corrected chi connectivity index (χ3v) is 8.68. The fourth-order valence-electron chi connectivity index (χ4n) is 6.61. The number of rotatable bonds is 10. The molecule has 1 amide bonds. The van der Waals surface area contributed by atoms with Crippen molar-refractivity contribution in [1.29, 1.82) is 0 Å². The Morgan fingerprint density at radius 2 is 1.62 bits per heavy atom. The number of piperidine rings is 1. The molecule has 1 aliphatic heterocycles. The number of nitrogens with one attached hydrogen (secondary N) is 1. The van der Waals surface area contributed by atoms with E-state index in [1.54, 1.807) is 7.11 Å². The number of amides is 1. The Morgan fingerprint density at radius 3 is 2.29 bits per heavy atom. The van der Waals surface area contributed by atoms with E-state index in [0.29, 0.717) is 0 Å². The first-order chi connectivity index (χ1) is 20.3. The molecule has 0 bridgehead atoms. The molecule has 1 aliphatic rings. The summed E-state index contributed by atoms with van der Waals surface area (Å²) >= 11 is 0. The number of hydrogen-bond donors (Lipinski definition) is 1. The lowest BCUT2D eigenvalue weighted by Gasteiger charge is -2.33. The molecular formula is C35H44N4O3. The van der Waals surface area contributed by atoms with Gasteiger partial charge in [0.2, 0.25) is 0 Å². The van der Waals surface area contributed by atoms with Crippen molar-refractivity contribution in [2.75, 3.05) is 26.7 Å². The zero-order valence-corrected chi connectivity index (χ0v) is 25.5. The van der Waals surface area contributed by atoms with E-state index in [1.165, 1.54) is 11.1 Å². The molecule has 42 heavy (non-hydrogen) atoms. The quantitative estimate of drug-likeness (QED) is 0.239. The molecule has 0 spiro atoms. The Bertz CT molecular complexity index is 1540. The third kappa shape index (κ3) is 6.31. The predicted octanol–water partition coefficient (Wildman–Crippen LogP) is 6.46. The third-order valence-electron chi connectivity index (χ3n) is 8.68. The van der Waals surface area contributed by atoms with Crippen LogP contribution in [0.5, 0.6) is 5.75 Å². The average Bonchev–Trinajstić information content (AvgIpc) is 3.33. The summed E-state index contributed by atoms with van der Waals surface area (Å²) in [6.07, 6.45) is 2.84. The summed E-state index contributed by atoms with van der Waals surface area (Å²) in [6, 6.07) is 24.9. The fraction of sp³-hybridized carbons (Fsp3) is 0.429. The van der Waals surface area contributed by atoms with Crippen LogP contribution in [0, 0.1) is 0 Å². The van der Waals surface area contributed by atoms with Gasteiger partial charge in [0.1, 0.15) is 5.75 Å². The second-order valence-electron chi connectivity index (χ2n) is 12.0. The fourth-order valence-corrected chi connectivity index (χ4v) is 6.61. The maximum atomic E-state index is 13.3. The number of fused-ring (bicyclic) bond motifs is 1. The highest BCUT2D eigenvalue weighted by molar-refractivity contribution is 5.94. The van der Waals surface area contributed by atoms with Crippen molar-refractivity contribution < 1.29 is 9.53 Å². The van der Waals surface area contributed by atoms with E-state index in [9.17, 15) is 9.59 Å². The zero-order valence-electron chi connectivity index (χ0n) is 25.5. The van der Waals surface area contributed by atoms with Crippen molar-refractivity contribution in [2.24, 2.45) is 0 Å². The molecule has 0 radical (unpaired) electrons. The molecule has 4 aromatic rings. The molecule has 7 nitrogen and oxygen atoms in total. The minimum absolute atomic E-state index is 0.0143. The monoisotopic (exact) mass is 568 g/mol. The lowest BCUT2D eigenvalue weighted by molar-refractivity contribution is 0.0643. The Hall–Kier alpha value is -3.84. The molecule has 7 heteroatoms. The van der Waals surface area contributed by atoms with Crippen LogP contribution in [0.4, 0.5) is 0 Å². The van der Waals surface area contributed by atoms with Gasteiger partial charge in [-0.05, 0) is 101 Å². The van der Waals surface area contributed by atoms with E-state index < -0.39 is 0 Å². The van der Waals surface area contributed by atoms with Crippen LogP contribution in [0.1, 0.15) is 80.4 Å². The van der Waals surface area contributed by atoms with Crippen LogP contribution in [0.25, 0.3) is 11.0 Å². The number of imidazole rings is 1. The van der Waals surface area contributed by atoms with Crippen LogP contribution >= 0.6 is 0 Å². The van der Waals surface area contributed by atoms with Gasteiger partial charge in [-0.1, -0.05) is 36.4 Å². The highest BCUT2D eigenvalue weighted by Gasteiger charge is 2.26. The molecular weight excluding hydrogens is 524 g/mol. The second kappa shape index (κ2) is 13.0. The summed E-state index contributed by atoms with van der Waals surface area (Å²) in [6.45, 7) is 11.1. The molecule has 0 aliphatic carbocycles. The van der Waals surface area contributed by atoms with E-state index in [-0.39, 0.29) is 35.6 Å². The number of carbonyl (C=O) groups excluding carboxylic acids is 1. The number of nitrogens with zero attached hydrogens (tertiary/aromatic N) is 3. The Morgan fingerprint density at radius 1 is 0.929 bits per heavy atom. The number of aromatic amines is 1. The maximum Gasteiger partial charge on any atom is 0.326 e. The highest BCUT2D eigenvalue weighted by atomic mass is 16.5. The zero-order chi connectivity index (χ0) is 29.8. The van der Waals surface area contributed by atoms with Gasteiger partial charge >= 0.3 is 5.69 Å². The van der Waals surface area contributed by atoms with Gasteiger partial charge in [-0.25, -0.2) is 4.79 Å². The van der Waals surface area contributed by atoms with Gasteiger partial charge in [-0.2, -0.15) is 0 Å². The number of ether oxygens (including phenoxy) is 1. The van der Waals surface area contributed by atoms with Crippen molar-refractivity contribution in [3.63, 3.8) is 0 Å². The van der Waals surface area contributed by atoms with Gasteiger partial charge in [0.05, 0.1) is 18.1 Å². The first-order valence-corrected chi connectivity index (χ1v) is 15.2. The van der Waals surface area contributed by atoms with Crippen LogP contribution in [0.15, 0.2) is 77.6 Å². The topological polar surface area (TPSA) is 70.6 Å². The minimum atomic E-state index is -0.0143. The molecule has 1 unspecified atom stereocenters. The number of methoxy groups -OCH3 is 1. The molecule has 1 fully saturated rings. The summed E-state index contributed by atoms with van der Waals surface area (Å²) in [7, 11) is 1.70. The molecule has 1 saturated heterocycles. The molecule has 1 atom stereocenters. The molecule has 222 valence electrons. The number of H-pyrrole nitrogens is 1. The summed E-state index contributed by atoms with van der Waals surface area (Å²) in [5.74, 6) is 1.09. The van der Waals surface area contributed by atoms with Gasteiger partial charge in [0.25, 0.3) is 5.91 Å². The van der Waals surface area contributed by atoms with Crippen molar-refractivity contribution in [2.45, 2.75) is 71.0 Å². The van der Waals surface area contributed by atoms with Crippen molar-refractivity contribution >= 4 is 16.9 Å². The normalized spacial score (nSPS) is 15.4. The van der Waals surface area contributed by atoms with Crippen molar-refractivity contribution in [1.82, 2.24) is 19.4 Å². The van der Waals surface area contributed by atoms with Crippen LogP contribution in [0.2, 0.25) is 0 Å². The molecule has 0 saturated carbocycles. The van der Waals surface area contributed by atoms with E-state index in [0.717, 1.165) is 61.2 Å². The number of carbonyl (C=O) groups is 1. The Labute approximate surface area is 249 Å². The summed E-state index contributed by atoms with van der Waals surface area (Å²) < 4.78 is 7.51. The van der Waals surface area contributed by atoms with Crippen molar-refractivity contribution in [3.8, 4) is 5.75 Å². The first kappa shape index (κ1) is 29.6. The standard InChI is InChI=1S/C35H44N4O3/c1-24(2)38(25(3)4)34(40)27-15-13-26(14-16-27)31(28-9-8-10-30(23-28)42-5)19-22-37-20-17-29(18-21-37)39-33-12-7-6-11-32(33)36-35(39)41/h6-16,23-25,29,31H,17-22H2,1-5H3,(H,36,41). The highest BCUT2D eigenvalue weighted by Crippen LogP contribution is 2.32. The van der Waals surface area contributed by atoms with Crippen molar-refractivity contribution in [3.05, 3.63) is 100.0 Å². The van der Waals surface area contributed by atoms with Gasteiger partial charge in [-0.3, -0.25) is 9.36 Å².